The van der Waals surface area contributed by atoms with Crippen molar-refractivity contribution in [1.82, 2.24) is 20.2 Å². The van der Waals surface area contributed by atoms with Gasteiger partial charge in [-0.15, -0.1) is 5.10 Å². The zero-order valence-electron chi connectivity index (χ0n) is 15.3. The minimum Gasteiger partial charge on any atom is -0.447 e. The van der Waals surface area contributed by atoms with Crippen molar-refractivity contribution in [3.63, 3.8) is 0 Å². The van der Waals surface area contributed by atoms with Gasteiger partial charge in [-0.2, -0.15) is 0 Å². The Labute approximate surface area is 166 Å². The third kappa shape index (κ3) is 2.97. The first-order valence-electron chi connectivity index (χ1n) is 9.10. The third-order valence-electron chi connectivity index (χ3n) is 4.89. The summed E-state index contributed by atoms with van der Waals surface area (Å²) in [7, 11) is -0.254. The summed E-state index contributed by atoms with van der Waals surface area (Å²) in [5.41, 5.74) is 4.36. The molecule has 2 heterocycles. The van der Waals surface area contributed by atoms with E-state index in [4.69, 9.17) is 0 Å². The van der Waals surface area contributed by atoms with Crippen molar-refractivity contribution in [3.8, 4) is 5.69 Å². The Kier molecular flexibility index (Phi) is 4.14. The number of carbonyl (C=O) groups excluding carboxylic acids is 1. The van der Waals surface area contributed by atoms with Crippen LogP contribution in [0.4, 0.5) is 5.69 Å². The minimum atomic E-state index is -0.254. The van der Waals surface area contributed by atoms with E-state index in [0.29, 0.717) is 5.72 Å². The highest BCUT2D eigenvalue weighted by Crippen LogP contribution is 2.31. The number of aliphatic imine (C=N–C) groups is 1. The monoisotopic (exact) mass is 382 g/mol. The van der Waals surface area contributed by atoms with Gasteiger partial charge in [0.15, 0.2) is 0 Å². The number of hydrogen-bond donors (Lipinski definition) is 2. The molecule has 0 aliphatic carbocycles. The molecule has 0 saturated carbocycles. The molecular weight excluding hydrogens is 367 g/mol. The van der Waals surface area contributed by atoms with Gasteiger partial charge >= 0.3 is 7.48 Å². The maximum absolute atomic E-state index is 12.3. The van der Waals surface area contributed by atoms with E-state index < -0.39 is 0 Å². The van der Waals surface area contributed by atoms with E-state index in [1.807, 2.05) is 60.7 Å². The van der Waals surface area contributed by atoms with E-state index in [9.17, 15) is 9.82 Å². The van der Waals surface area contributed by atoms with Crippen LogP contribution in [0.15, 0.2) is 65.7 Å². The molecule has 0 bridgehead atoms. The predicted molar refractivity (Wildman–Crippen MR) is 111 cm³/mol. The zero-order valence-corrected chi connectivity index (χ0v) is 15.3. The van der Waals surface area contributed by atoms with Crippen LogP contribution in [0.3, 0.4) is 0 Å². The second-order valence-electron chi connectivity index (χ2n) is 6.63. The number of nitrogens with one attached hydrogen (secondary N) is 1. The highest BCUT2D eigenvalue weighted by atomic mass is 16.2. The number of fused-ring (bicyclic) bond motifs is 3. The topological polar surface area (TPSA) is 105 Å². The normalized spacial score (nSPS) is 13.4. The third-order valence-corrected chi connectivity index (χ3v) is 4.89. The van der Waals surface area contributed by atoms with Crippen LogP contribution < -0.4 is 11.0 Å². The highest BCUT2D eigenvalue weighted by Gasteiger charge is 2.20. The van der Waals surface area contributed by atoms with Crippen LogP contribution in [0.25, 0.3) is 16.5 Å². The number of benzene rings is 3. The molecule has 0 fully saturated rings. The van der Waals surface area contributed by atoms with Crippen molar-refractivity contribution >= 4 is 41.3 Å². The van der Waals surface area contributed by atoms with Gasteiger partial charge in [0.2, 0.25) is 5.91 Å². The smallest absolute Gasteiger partial charge is 0.353 e. The summed E-state index contributed by atoms with van der Waals surface area (Å²) in [6.45, 7) is 0.0573. The lowest BCUT2D eigenvalue weighted by atomic mass is 9.96. The van der Waals surface area contributed by atoms with Gasteiger partial charge in [0.05, 0.1) is 17.1 Å². The Morgan fingerprint density at radius 3 is 2.69 bits per heavy atom. The van der Waals surface area contributed by atoms with Crippen LogP contribution in [0.2, 0.25) is 0 Å². The summed E-state index contributed by atoms with van der Waals surface area (Å²) >= 11 is 0. The Bertz CT molecular complexity index is 1270. The molecule has 0 saturated heterocycles. The molecule has 0 unspecified atom stereocenters. The second-order valence-corrected chi connectivity index (χ2v) is 6.63. The predicted octanol–water partition coefficient (Wildman–Crippen LogP) is 0.574. The van der Waals surface area contributed by atoms with Crippen LogP contribution in [0, 0.1) is 0 Å². The largest absolute Gasteiger partial charge is 0.447 e. The molecule has 29 heavy (non-hydrogen) atoms. The van der Waals surface area contributed by atoms with E-state index in [1.54, 1.807) is 0 Å². The van der Waals surface area contributed by atoms with E-state index in [-0.39, 0.29) is 19.9 Å². The maximum Gasteiger partial charge on any atom is 0.353 e. The van der Waals surface area contributed by atoms with Gasteiger partial charge in [-0.1, -0.05) is 48.5 Å². The fourth-order valence-corrected chi connectivity index (χ4v) is 3.53. The van der Waals surface area contributed by atoms with Gasteiger partial charge in [0.1, 0.15) is 12.3 Å². The molecule has 8 nitrogen and oxygen atoms in total. The molecule has 2 N–H and O–H groups in total. The molecule has 0 spiro atoms. The molecule has 0 radical (unpaired) electrons. The first kappa shape index (κ1) is 17.3. The fraction of sp³-hybridized carbons (Fsp3) is 0.0500. The minimum absolute atomic E-state index is 0.0573. The summed E-state index contributed by atoms with van der Waals surface area (Å²) < 4.78 is 1.48. The van der Waals surface area contributed by atoms with E-state index in [0.717, 1.165) is 39.0 Å². The summed E-state index contributed by atoms with van der Waals surface area (Å²) in [6, 6.07) is 19.5. The Morgan fingerprint density at radius 1 is 1.03 bits per heavy atom. The van der Waals surface area contributed by atoms with Crippen molar-refractivity contribution in [1.29, 1.82) is 0 Å². The molecule has 1 aliphatic heterocycles. The van der Waals surface area contributed by atoms with Gasteiger partial charge in [0, 0.05) is 16.5 Å². The molecule has 1 aromatic heterocycles. The molecule has 140 valence electrons. The molecule has 4 aromatic rings. The lowest BCUT2D eigenvalue weighted by molar-refractivity contribution is -0.114. The average Bonchev–Trinajstić information content (AvgIpc) is 3.17. The average molecular weight is 382 g/mol. The Hall–Kier alpha value is -3.85. The van der Waals surface area contributed by atoms with Crippen molar-refractivity contribution < 1.29 is 9.82 Å². The maximum atomic E-state index is 12.3. The van der Waals surface area contributed by atoms with Crippen molar-refractivity contribution in [2.45, 2.75) is 0 Å². The van der Waals surface area contributed by atoms with Crippen LogP contribution in [0.1, 0.15) is 11.1 Å². The summed E-state index contributed by atoms with van der Waals surface area (Å²) in [6.07, 6.45) is 0. The van der Waals surface area contributed by atoms with Crippen LogP contribution >= 0.6 is 0 Å². The van der Waals surface area contributed by atoms with Crippen LogP contribution in [0.5, 0.6) is 0 Å². The summed E-state index contributed by atoms with van der Waals surface area (Å²) in [5, 5.41) is 25.7. The van der Waals surface area contributed by atoms with Crippen molar-refractivity contribution in [2.24, 2.45) is 4.99 Å². The number of amides is 1. The van der Waals surface area contributed by atoms with E-state index in [2.05, 4.69) is 25.8 Å². The first-order chi connectivity index (χ1) is 14.2. The molecule has 1 aliphatic rings. The van der Waals surface area contributed by atoms with Gasteiger partial charge in [0.25, 0.3) is 0 Å². The number of hydrogen-bond acceptors (Lipinski definition) is 6. The highest BCUT2D eigenvalue weighted by molar-refractivity contribution is 6.43. The van der Waals surface area contributed by atoms with Crippen LogP contribution in [-0.4, -0.2) is 50.9 Å². The first-order valence-corrected chi connectivity index (χ1v) is 9.10. The number of tetrazole rings is 1. The zero-order chi connectivity index (χ0) is 19.8. The molecule has 5 rings (SSSR count). The Morgan fingerprint density at radius 2 is 1.86 bits per heavy atom. The lowest BCUT2D eigenvalue weighted by Gasteiger charge is -2.13. The molecular formula is C20H15BN6O2. The van der Waals surface area contributed by atoms with E-state index >= 15 is 0 Å². The number of nitrogens with zero attached hydrogens (tertiary/aromatic N) is 5. The van der Waals surface area contributed by atoms with Gasteiger partial charge in [-0.25, -0.2) is 4.68 Å². The summed E-state index contributed by atoms with van der Waals surface area (Å²) in [5.74, 6) is -0.143. The molecule has 3 aromatic carbocycles. The van der Waals surface area contributed by atoms with Gasteiger partial charge in [-0.05, 0) is 27.9 Å². The van der Waals surface area contributed by atoms with Gasteiger partial charge in [-0.3, -0.25) is 9.79 Å². The standard InChI is InChI=1S/C20H15BN6O2/c28-17-11-22-18(16-10-7-12-3-1-2-4-15(12)19(16)23-17)13-5-8-14(9-6-13)27-20(21-29)24-25-26-27/h1-10,21,29H,11H2,(H,23,28). The van der Waals surface area contributed by atoms with Gasteiger partial charge < -0.3 is 10.3 Å². The van der Waals surface area contributed by atoms with Crippen molar-refractivity contribution in [3.05, 3.63) is 71.8 Å². The lowest BCUT2D eigenvalue weighted by Crippen LogP contribution is -2.26. The van der Waals surface area contributed by atoms with Crippen LogP contribution in [-0.2, 0) is 4.79 Å². The number of carbonyl (C=O) groups is 1. The number of anilines is 1. The second kappa shape index (κ2) is 6.95. The van der Waals surface area contributed by atoms with E-state index in [1.165, 1.54) is 4.68 Å². The Balaban J connectivity index is 1.61. The molecule has 0 atom stereocenters. The quantitative estimate of drug-likeness (QED) is 0.504. The summed E-state index contributed by atoms with van der Waals surface area (Å²) in [4.78, 5) is 16.8. The molecule has 1 amide bonds. The number of rotatable bonds is 3. The van der Waals surface area contributed by atoms with Crippen molar-refractivity contribution in [2.75, 3.05) is 11.9 Å². The fourth-order valence-electron chi connectivity index (χ4n) is 3.53. The number of aromatic nitrogens is 4. The molecule has 9 heteroatoms. The SMILES string of the molecule is O=C1CN=C(c2ccc(-n3nnnc3BO)cc2)c2ccc3ccccc3c2N1.